The minimum atomic E-state index is -1.79. The molecule has 0 aliphatic carbocycles. The number of hydrogen-bond acceptors (Lipinski definition) is 4. The third-order valence-electron chi connectivity index (χ3n) is 19.6. The predicted octanol–water partition coefficient (Wildman–Crippen LogP) is 19.3. The lowest BCUT2D eigenvalue weighted by Crippen LogP contribution is -2.63. The summed E-state index contributed by atoms with van der Waals surface area (Å²) < 4.78 is 1.10. The van der Waals surface area contributed by atoms with Gasteiger partial charge in [0.1, 0.15) is 0 Å². The van der Waals surface area contributed by atoms with E-state index < -0.39 is 8.07 Å². The lowest BCUT2D eigenvalue weighted by atomic mass is 9.33. The Morgan fingerprint density at radius 1 is 0.297 bits per heavy atom. The van der Waals surface area contributed by atoms with Crippen LogP contribution in [0.15, 0.2) is 199 Å². The first-order valence-electron chi connectivity index (χ1n) is 32.9. The third kappa shape index (κ3) is 10.9. The van der Waals surface area contributed by atoms with E-state index in [4.69, 9.17) is 0 Å². The van der Waals surface area contributed by atoms with E-state index in [1.54, 1.807) is 0 Å². The second-order valence-corrected chi connectivity index (χ2v) is 37.5. The predicted molar refractivity (Wildman–Crippen MR) is 405 cm³/mol. The molecule has 4 nitrogen and oxygen atoms in total. The first-order valence-corrected chi connectivity index (χ1v) is 37.2. The molecule has 91 heavy (non-hydrogen) atoms. The Bertz CT molecular complexity index is 4500. The summed E-state index contributed by atoms with van der Waals surface area (Å²) in [5, 5.41) is 1.51. The summed E-state index contributed by atoms with van der Waals surface area (Å²) in [4.78, 5) is 10.1. The van der Waals surface area contributed by atoms with Crippen molar-refractivity contribution >= 4 is 144 Å². The topological polar surface area (TPSA) is 13.0 Å². The van der Waals surface area contributed by atoms with Crippen LogP contribution in [-0.4, -0.2) is 21.5 Å². The van der Waals surface area contributed by atoms with Gasteiger partial charge in [-0.2, -0.15) is 0 Å². The van der Waals surface area contributed by atoms with E-state index in [9.17, 15) is 0 Å². The van der Waals surface area contributed by atoms with Gasteiger partial charge in [0.25, 0.3) is 13.4 Å². The van der Waals surface area contributed by atoms with E-state index in [0.717, 1.165) is 4.47 Å². The zero-order chi connectivity index (χ0) is 64.8. The lowest BCUT2D eigenvalue weighted by molar-refractivity contribution is 0.590. The summed E-state index contributed by atoms with van der Waals surface area (Å²) in [6.07, 6.45) is 0. The fourth-order valence-corrected chi connectivity index (χ4v) is 16.6. The Morgan fingerprint density at radius 3 is 0.967 bits per heavy atom. The van der Waals surface area contributed by atoms with Gasteiger partial charge in [-0.1, -0.05) is 228 Å². The highest BCUT2D eigenvalue weighted by molar-refractivity contribution is 9.10. The van der Waals surface area contributed by atoms with Gasteiger partial charge in [-0.15, -0.1) is 0 Å². The average Bonchev–Trinajstić information content (AvgIpc) is 0.702. The Morgan fingerprint density at radius 2 is 0.582 bits per heavy atom. The van der Waals surface area contributed by atoms with Crippen LogP contribution in [0.1, 0.15) is 128 Å². The quantitative estimate of drug-likeness (QED) is 0.159. The zero-order valence-corrected chi connectivity index (χ0v) is 59.9. The minimum absolute atomic E-state index is 0.0344. The molecule has 0 unspecified atom stereocenters. The van der Waals surface area contributed by atoms with Crippen LogP contribution >= 0.6 is 15.9 Å². The smallest absolute Gasteiger partial charge is 0.252 e. The van der Waals surface area contributed by atoms with E-state index in [1.807, 2.05) is 0 Å². The van der Waals surface area contributed by atoms with Crippen molar-refractivity contribution in [3.05, 3.63) is 243 Å². The fourth-order valence-electron chi connectivity index (χ4n) is 14.5. The van der Waals surface area contributed by atoms with E-state index >= 15 is 0 Å². The molecule has 8 heteroatoms. The summed E-state index contributed by atoms with van der Waals surface area (Å²) in [5.74, 6) is 0. The molecule has 14 rings (SSSR count). The fraction of sp³-hybridized carbons (Fsp3) is 0.277. The highest BCUT2D eigenvalue weighted by atomic mass is 79.9. The largest absolute Gasteiger partial charge is 0.312 e. The van der Waals surface area contributed by atoms with Gasteiger partial charge in [0.15, 0.2) is 0 Å². The van der Waals surface area contributed by atoms with Crippen LogP contribution in [0, 0.1) is 27.7 Å². The molecule has 10 aromatic rings. The van der Waals surface area contributed by atoms with E-state index in [0.29, 0.717) is 0 Å². The first-order chi connectivity index (χ1) is 42.9. The Balaban J connectivity index is 0.000000167. The van der Waals surface area contributed by atoms with Crippen molar-refractivity contribution in [3.63, 3.8) is 0 Å². The van der Waals surface area contributed by atoms with Crippen molar-refractivity contribution in [2.75, 3.05) is 19.6 Å². The molecule has 0 radical (unpaired) electrons. The molecule has 0 atom stereocenters. The van der Waals surface area contributed by atoms with Crippen molar-refractivity contribution in [2.45, 2.75) is 152 Å². The summed E-state index contributed by atoms with van der Waals surface area (Å²) in [6, 6.07) is 74.6. The molecule has 0 spiro atoms. The number of hydrogen-bond donors (Lipinski definition) is 0. The average molecular weight is 1270 g/mol. The second kappa shape index (κ2) is 22.2. The number of rotatable bonds is 5. The number of fused-ring (bicyclic) bond motifs is 8. The van der Waals surface area contributed by atoms with Crippen LogP contribution in [0.4, 0.5) is 68.2 Å². The van der Waals surface area contributed by atoms with Crippen LogP contribution in [0.5, 0.6) is 0 Å². The van der Waals surface area contributed by atoms with Crippen molar-refractivity contribution < 1.29 is 0 Å². The maximum Gasteiger partial charge on any atom is 0.252 e. The van der Waals surface area contributed by atoms with Crippen molar-refractivity contribution in [3.8, 4) is 0 Å². The van der Waals surface area contributed by atoms with Gasteiger partial charge >= 0.3 is 0 Å². The molecule has 10 aromatic carbocycles. The minimum Gasteiger partial charge on any atom is -0.312 e. The molecule has 0 saturated carbocycles. The van der Waals surface area contributed by atoms with Gasteiger partial charge in [0, 0.05) is 67.0 Å². The summed E-state index contributed by atoms with van der Waals surface area (Å²) in [5.41, 5.74) is 34.1. The molecule has 0 bridgehead atoms. The van der Waals surface area contributed by atoms with Crippen molar-refractivity contribution in [1.82, 2.24) is 0 Å². The van der Waals surface area contributed by atoms with Crippen molar-refractivity contribution in [2.24, 2.45) is 0 Å². The summed E-state index contributed by atoms with van der Waals surface area (Å²) in [7, 11) is -1.79. The number of anilines is 12. The second-order valence-electron chi connectivity index (χ2n) is 31.6. The lowest BCUT2D eigenvalue weighted by Gasteiger charge is -2.46. The zero-order valence-electron chi connectivity index (χ0n) is 57.3. The van der Waals surface area contributed by atoms with E-state index in [-0.39, 0.29) is 35.1 Å². The number of halogens is 1. The SMILES string of the molecule is Cc1ccc(N2c3ccc(C)cc3B3c4cc(C(C)(C)C)ccc4N(c4ccc(C(C)(C)C)cc4)c4ccc(Br)c2c43)cc1.Cc1ccc(N2c3ccc(C)cc3B3c4cc(C(C)(C)C)ccc4N(c4ccc(C(C)(C)C)cc4)c4ccc([Si](C)(C)C)c2c43)cc1. The van der Waals surface area contributed by atoms with Gasteiger partial charge in [0.05, 0.1) is 13.8 Å². The summed E-state index contributed by atoms with van der Waals surface area (Å²) in [6.45, 7) is 44.2. The normalized spacial score (nSPS) is 14.0. The van der Waals surface area contributed by atoms with E-state index in [1.165, 1.54) is 151 Å². The van der Waals surface area contributed by atoms with Gasteiger partial charge in [0.2, 0.25) is 0 Å². The molecule has 4 aliphatic rings. The molecule has 4 heterocycles. The maximum absolute atomic E-state index is 4.05. The van der Waals surface area contributed by atoms with Crippen LogP contribution in [0.2, 0.25) is 19.6 Å². The number of benzene rings is 10. The third-order valence-corrected chi connectivity index (χ3v) is 22.2. The Labute approximate surface area is 554 Å². The molecular weight excluding hydrogens is 1180 g/mol. The highest BCUT2D eigenvalue weighted by Gasteiger charge is 2.47. The van der Waals surface area contributed by atoms with Gasteiger partial charge in [-0.05, 0) is 216 Å². The standard InChI is InChI=1S/C43H49BN2Si.C40H40BBrN2/c1-28-12-18-33(19-13-28)46-37-22-14-29(2)26-34(37)44-35-27-31(43(6,7)8)17-23-36(35)45(32-20-15-30(16-21-32)42(3,4)5)38-24-25-39(47(9,10)11)41(46)40(38)44;1-25-9-15-30(16-10-25)44-35-20-11-26(2)23-31(35)41-32-24-28(40(6,7)8)14-21-34(32)43(36-22-19-33(42)38(44)37(36)41)29-17-12-27(13-18-29)39(3,4)5/h12-27H,1-11H3;9-24H,1-8H3. The van der Waals surface area contributed by atoms with Crippen LogP contribution < -0.4 is 57.6 Å². The molecular formula is C83H89B2BrN4Si. The van der Waals surface area contributed by atoms with E-state index in [2.05, 4.69) is 360 Å². The Kier molecular flexibility index (Phi) is 15.2. The molecule has 0 amide bonds. The monoisotopic (exact) mass is 1270 g/mol. The maximum atomic E-state index is 4.05. The van der Waals surface area contributed by atoms with Crippen LogP contribution in [0.3, 0.4) is 0 Å². The molecule has 458 valence electrons. The number of aryl methyl sites for hydroxylation is 4. The highest BCUT2D eigenvalue weighted by Crippen LogP contribution is 2.49. The Hall–Kier alpha value is -7.77. The van der Waals surface area contributed by atoms with Crippen LogP contribution in [0.25, 0.3) is 0 Å². The van der Waals surface area contributed by atoms with Gasteiger partial charge in [-0.25, -0.2) is 0 Å². The molecule has 0 aromatic heterocycles. The molecule has 0 fully saturated rings. The summed E-state index contributed by atoms with van der Waals surface area (Å²) >= 11 is 4.05. The van der Waals surface area contributed by atoms with Crippen LogP contribution in [-0.2, 0) is 21.7 Å². The molecule has 4 aliphatic heterocycles. The first kappa shape index (κ1) is 62.1. The van der Waals surface area contributed by atoms with Crippen molar-refractivity contribution in [1.29, 1.82) is 0 Å². The molecule has 0 N–H and O–H groups in total. The van der Waals surface area contributed by atoms with Gasteiger partial charge in [-0.3, -0.25) is 0 Å². The molecule has 0 saturated heterocycles. The van der Waals surface area contributed by atoms with Gasteiger partial charge < -0.3 is 19.6 Å². The number of nitrogens with zero attached hydrogens (tertiary/aromatic N) is 4.